The fraction of sp³-hybridized carbons (Fsp3) is 0.500. The highest BCUT2D eigenvalue weighted by Gasteiger charge is 2.16. The molecule has 0 aromatic carbocycles. The molecule has 0 aliphatic carbocycles. The second-order valence-electron chi connectivity index (χ2n) is 4.07. The zero-order chi connectivity index (χ0) is 14.6. The molecule has 1 heterocycles. The lowest BCUT2D eigenvalue weighted by molar-refractivity contribution is 0.205. The Morgan fingerprint density at radius 3 is 2.58 bits per heavy atom. The van der Waals surface area contributed by atoms with E-state index in [1.54, 1.807) is 0 Å². The van der Waals surface area contributed by atoms with Crippen molar-refractivity contribution >= 4 is 16.1 Å². The molecule has 19 heavy (non-hydrogen) atoms. The summed E-state index contributed by atoms with van der Waals surface area (Å²) in [5, 5.41) is 12.4. The lowest BCUT2D eigenvalue weighted by Gasteiger charge is -2.20. The maximum atomic E-state index is 11.9. The maximum absolute atomic E-state index is 11.9. The number of rotatable bonds is 4. The summed E-state index contributed by atoms with van der Waals surface area (Å²) >= 11 is 0. The van der Waals surface area contributed by atoms with Crippen LogP contribution in [0, 0.1) is 11.3 Å². The molecule has 0 unspecified atom stereocenters. The third-order valence-electron chi connectivity index (χ3n) is 2.55. The monoisotopic (exact) mass is 285 g/mol. The van der Waals surface area contributed by atoms with Gasteiger partial charge in [-0.3, -0.25) is 0 Å². The van der Waals surface area contributed by atoms with Gasteiger partial charge in [0, 0.05) is 27.2 Å². The zero-order valence-electron chi connectivity index (χ0n) is 10.9. The lowest BCUT2D eigenvalue weighted by atomic mass is 10.4. The standard InChI is InChI=1S/C10H15N5O3S/c1-13(4-5-14(2)19(3,17)18)10(16)15-8-9(6-11)7-12-15/h7-8H,4-5H2,1-3H3. The molecule has 0 fully saturated rings. The molecule has 0 aliphatic rings. The van der Waals surface area contributed by atoms with Gasteiger partial charge in [0.1, 0.15) is 6.07 Å². The van der Waals surface area contributed by atoms with Crippen LogP contribution in [-0.4, -0.2) is 66.9 Å². The van der Waals surface area contributed by atoms with Gasteiger partial charge in [-0.05, 0) is 0 Å². The smallest absolute Gasteiger partial charge is 0.325 e. The zero-order valence-corrected chi connectivity index (χ0v) is 11.8. The summed E-state index contributed by atoms with van der Waals surface area (Å²) in [5.41, 5.74) is 0.287. The molecule has 1 aromatic heterocycles. The summed E-state index contributed by atoms with van der Waals surface area (Å²) in [6.45, 7) is 0.414. The molecule has 0 spiro atoms. The van der Waals surface area contributed by atoms with Crippen LogP contribution in [0.3, 0.4) is 0 Å². The maximum Gasteiger partial charge on any atom is 0.344 e. The molecule has 9 heteroatoms. The SMILES string of the molecule is CN(CCN(C)S(C)(=O)=O)C(=O)n1cc(C#N)cn1. The molecule has 1 rings (SSSR count). The Kier molecular flexibility index (Phi) is 4.63. The van der Waals surface area contributed by atoms with Crippen LogP contribution in [0.25, 0.3) is 0 Å². The van der Waals surface area contributed by atoms with Gasteiger partial charge in [0.05, 0.1) is 24.2 Å². The van der Waals surface area contributed by atoms with Crippen molar-refractivity contribution in [1.29, 1.82) is 5.26 Å². The summed E-state index contributed by atoms with van der Waals surface area (Å²) in [5.74, 6) is 0. The lowest BCUT2D eigenvalue weighted by Crippen LogP contribution is -2.38. The van der Waals surface area contributed by atoms with Crippen molar-refractivity contribution in [3.05, 3.63) is 18.0 Å². The topological polar surface area (TPSA) is 99.3 Å². The predicted molar refractivity (Wildman–Crippen MR) is 67.8 cm³/mol. The van der Waals surface area contributed by atoms with Gasteiger partial charge in [0.15, 0.2) is 0 Å². The van der Waals surface area contributed by atoms with Gasteiger partial charge >= 0.3 is 6.03 Å². The average molecular weight is 285 g/mol. The number of hydrogen-bond acceptors (Lipinski definition) is 5. The number of nitrogens with zero attached hydrogens (tertiary/aromatic N) is 5. The third kappa shape index (κ3) is 4.04. The first-order chi connectivity index (χ1) is 8.75. The summed E-state index contributed by atoms with van der Waals surface area (Å²) in [4.78, 5) is 13.2. The Labute approximate surface area is 111 Å². The molecule has 1 amide bonds. The highest BCUT2D eigenvalue weighted by Crippen LogP contribution is 1.99. The summed E-state index contributed by atoms with van der Waals surface area (Å²) < 4.78 is 24.6. The van der Waals surface area contributed by atoms with Gasteiger partial charge in [0.2, 0.25) is 10.0 Å². The van der Waals surface area contributed by atoms with Crippen molar-refractivity contribution in [1.82, 2.24) is 19.0 Å². The van der Waals surface area contributed by atoms with Gasteiger partial charge < -0.3 is 4.90 Å². The van der Waals surface area contributed by atoms with Crippen molar-refractivity contribution in [2.45, 2.75) is 0 Å². The highest BCUT2D eigenvalue weighted by molar-refractivity contribution is 7.88. The van der Waals surface area contributed by atoms with Gasteiger partial charge in [-0.25, -0.2) is 17.5 Å². The first-order valence-corrected chi connectivity index (χ1v) is 7.22. The van der Waals surface area contributed by atoms with E-state index in [0.717, 1.165) is 15.2 Å². The summed E-state index contributed by atoms with van der Waals surface area (Å²) in [6, 6.07) is 1.44. The molecule has 1 aromatic rings. The van der Waals surface area contributed by atoms with Gasteiger partial charge in [-0.1, -0.05) is 0 Å². The van der Waals surface area contributed by atoms with E-state index in [0.29, 0.717) is 0 Å². The first kappa shape index (κ1) is 15.1. The number of sulfonamides is 1. The molecule has 0 saturated heterocycles. The van der Waals surface area contributed by atoms with Crippen LogP contribution in [0.1, 0.15) is 5.56 Å². The van der Waals surface area contributed by atoms with Crippen molar-refractivity contribution in [3.8, 4) is 6.07 Å². The van der Waals surface area contributed by atoms with Crippen molar-refractivity contribution < 1.29 is 13.2 Å². The molecular weight excluding hydrogens is 270 g/mol. The molecule has 0 radical (unpaired) electrons. The van der Waals surface area contributed by atoms with Gasteiger partial charge in [-0.2, -0.15) is 15.0 Å². The Morgan fingerprint density at radius 2 is 2.11 bits per heavy atom. The Bertz CT molecular complexity index is 601. The Balaban J connectivity index is 2.61. The first-order valence-electron chi connectivity index (χ1n) is 5.37. The highest BCUT2D eigenvalue weighted by atomic mass is 32.2. The minimum atomic E-state index is -3.26. The van der Waals surface area contributed by atoms with Crippen LogP contribution < -0.4 is 0 Å². The van der Waals surface area contributed by atoms with E-state index in [2.05, 4.69) is 5.10 Å². The Hall–Kier alpha value is -1.92. The second kappa shape index (κ2) is 5.81. The summed E-state index contributed by atoms with van der Waals surface area (Å²) in [7, 11) is -0.285. The molecular formula is C10H15N5O3S. The quantitative estimate of drug-likeness (QED) is 0.745. The van der Waals surface area contributed by atoms with E-state index in [9.17, 15) is 13.2 Å². The van der Waals surface area contributed by atoms with Crippen LogP contribution >= 0.6 is 0 Å². The molecule has 0 bridgehead atoms. The predicted octanol–water partition coefficient (Wildman–Crippen LogP) is -0.454. The number of likely N-dealkylation sites (N-methyl/N-ethyl adjacent to an activating group) is 2. The van der Waals surface area contributed by atoms with E-state index in [4.69, 9.17) is 5.26 Å². The molecule has 0 N–H and O–H groups in total. The number of carbonyl (C=O) groups is 1. The van der Waals surface area contributed by atoms with Crippen LogP contribution in [-0.2, 0) is 10.0 Å². The molecule has 0 aliphatic heterocycles. The largest absolute Gasteiger partial charge is 0.344 e. The van der Waals surface area contributed by atoms with E-state index in [1.165, 1.54) is 31.4 Å². The fourth-order valence-corrected chi connectivity index (χ4v) is 1.63. The van der Waals surface area contributed by atoms with E-state index < -0.39 is 16.1 Å². The minimum absolute atomic E-state index is 0.188. The average Bonchev–Trinajstić information content (AvgIpc) is 2.81. The van der Waals surface area contributed by atoms with Crippen LogP contribution in [0.5, 0.6) is 0 Å². The van der Waals surface area contributed by atoms with Crippen LogP contribution in [0.4, 0.5) is 4.79 Å². The van der Waals surface area contributed by atoms with Crippen molar-refractivity contribution in [2.75, 3.05) is 33.4 Å². The molecule has 8 nitrogen and oxygen atoms in total. The number of aromatic nitrogens is 2. The number of nitriles is 1. The molecule has 0 saturated carbocycles. The van der Waals surface area contributed by atoms with E-state index >= 15 is 0 Å². The second-order valence-corrected chi connectivity index (χ2v) is 6.16. The number of carbonyl (C=O) groups excluding carboxylic acids is 1. The Morgan fingerprint density at radius 1 is 1.47 bits per heavy atom. The van der Waals surface area contributed by atoms with Gasteiger partial charge in [-0.15, -0.1) is 0 Å². The third-order valence-corrected chi connectivity index (χ3v) is 3.87. The van der Waals surface area contributed by atoms with Crippen molar-refractivity contribution in [2.24, 2.45) is 0 Å². The van der Waals surface area contributed by atoms with Gasteiger partial charge in [0.25, 0.3) is 0 Å². The summed E-state index contributed by atoms with van der Waals surface area (Å²) in [6.07, 6.45) is 3.70. The van der Waals surface area contributed by atoms with Crippen LogP contribution in [0.2, 0.25) is 0 Å². The fourth-order valence-electron chi connectivity index (χ4n) is 1.21. The number of hydrogen-bond donors (Lipinski definition) is 0. The minimum Gasteiger partial charge on any atom is -0.325 e. The van der Waals surface area contributed by atoms with Crippen LogP contribution in [0.15, 0.2) is 12.4 Å². The van der Waals surface area contributed by atoms with E-state index in [1.807, 2.05) is 6.07 Å². The normalized spacial score (nSPS) is 11.3. The molecule has 104 valence electrons. The van der Waals surface area contributed by atoms with E-state index in [-0.39, 0.29) is 18.7 Å². The van der Waals surface area contributed by atoms with Crippen molar-refractivity contribution in [3.63, 3.8) is 0 Å². The molecule has 0 atom stereocenters. The number of amides is 1.